The summed E-state index contributed by atoms with van der Waals surface area (Å²) >= 11 is 0. The van der Waals surface area contributed by atoms with Gasteiger partial charge in [0.25, 0.3) is 0 Å². The lowest BCUT2D eigenvalue weighted by Gasteiger charge is -2.22. The molecule has 124 valence electrons. The van der Waals surface area contributed by atoms with E-state index in [2.05, 4.69) is 10.0 Å². The van der Waals surface area contributed by atoms with Crippen molar-refractivity contribution in [3.8, 4) is 0 Å². The first-order valence-corrected chi connectivity index (χ1v) is 8.78. The maximum atomic E-state index is 12.2. The number of rotatable bonds is 4. The number of aryl methyl sites for hydroxylation is 1. The summed E-state index contributed by atoms with van der Waals surface area (Å²) in [6, 6.07) is 5.09. The molecule has 1 fully saturated rings. The van der Waals surface area contributed by atoms with Gasteiger partial charge in [-0.1, -0.05) is 18.9 Å². The van der Waals surface area contributed by atoms with E-state index in [1.165, 1.54) is 0 Å². The van der Waals surface area contributed by atoms with Gasteiger partial charge in [0, 0.05) is 5.69 Å². The van der Waals surface area contributed by atoms with Crippen LogP contribution in [0.3, 0.4) is 0 Å². The number of nitrogens with two attached hydrogens (primary N) is 1. The van der Waals surface area contributed by atoms with Crippen LogP contribution in [0.25, 0.3) is 0 Å². The normalized spacial score (nSPS) is 16.7. The summed E-state index contributed by atoms with van der Waals surface area (Å²) in [6.07, 6.45) is 4.36. The Hall–Kier alpha value is -1.31. The summed E-state index contributed by atoms with van der Waals surface area (Å²) in [7, 11) is -3.36. The van der Waals surface area contributed by atoms with Gasteiger partial charge in [0.2, 0.25) is 15.9 Å². The predicted molar refractivity (Wildman–Crippen MR) is 90.9 cm³/mol. The molecule has 1 amide bonds. The molecule has 0 radical (unpaired) electrons. The van der Waals surface area contributed by atoms with Crippen molar-refractivity contribution in [2.45, 2.75) is 38.1 Å². The first-order valence-electron chi connectivity index (χ1n) is 6.88. The lowest BCUT2D eigenvalue weighted by atomic mass is 9.98. The third-order valence-electron chi connectivity index (χ3n) is 3.74. The molecule has 1 saturated carbocycles. The molecule has 0 heterocycles. The van der Waals surface area contributed by atoms with E-state index in [1.54, 1.807) is 25.1 Å². The fourth-order valence-electron chi connectivity index (χ4n) is 2.50. The SMILES string of the molecule is Cc1ccc(NC(=O)C2(N)CCCC2)cc1NS(C)(=O)=O.Cl. The molecule has 1 aromatic rings. The molecular formula is C14H22ClN3O3S. The second-order valence-corrected chi connectivity index (χ2v) is 7.47. The lowest BCUT2D eigenvalue weighted by Crippen LogP contribution is -2.48. The van der Waals surface area contributed by atoms with Crippen molar-refractivity contribution in [1.29, 1.82) is 0 Å². The second kappa shape index (κ2) is 6.85. The topological polar surface area (TPSA) is 101 Å². The number of carbonyl (C=O) groups is 1. The van der Waals surface area contributed by atoms with E-state index >= 15 is 0 Å². The van der Waals surface area contributed by atoms with Gasteiger partial charge in [-0.05, 0) is 37.5 Å². The highest BCUT2D eigenvalue weighted by molar-refractivity contribution is 7.92. The average molecular weight is 348 g/mol. The second-order valence-electron chi connectivity index (χ2n) is 5.72. The Morgan fingerprint density at radius 2 is 1.86 bits per heavy atom. The number of nitrogens with one attached hydrogen (secondary N) is 2. The van der Waals surface area contributed by atoms with Gasteiger partial charge in [0.15, 0.2) is 0 Å². The summed E-state index contributed by atoms with van der Waals surface area (Å²) in [5.41, 5.74) is 7.05. The van der Waals surface area contributed by atoms with Crippen molar-refractivity contribution in [2.24, 2.45) is 5.73 Å². The van der Waals surface area contributed by atoms with Gasteiger partial charge in [0.1, 0.15) is 0 Å². The molecule has 4 N–H and O–H groups in total. The maximum Gasteiger partial charge on any atom is 0.244 e. The van der Waals surface area contributed by atoms with Crippen molar-refractivity contribution in [3.63, 3.8) is 0 Å². The molecule has 0 bridgehead atoms. The predicted octanol–water partition coefficient (Wildman–Crippen LogP) is 2.00. The summed E-state index contributed by atoms with van der Waals surface area (Å²) in [4.78, 5) is 12.2. The number of carbonyl (C=O) groups excluding carboxylic acids is 1. The Labute approximate surface area is 137 Å². The molecule has 1 aliphatic rings. The summed E-state index contributed by atoms with van der Waals surface area (Å²) in [5, 5.41) is 2.78. The fourth-order valence-corrected chi connectivity index (χ4v) is 3.12. The molecule has 6 nitrogen and oxygen atoms in total. The first-order chi connectivity index (χ1) is 9.70. The molecule has 2 rings (SSSR count). The van der Waals surface area contributed by atoms with Crippen LogP contribution < -0.4 is 15.8 Å². The van der Waals surface area contributed by atoms with Gasteiger partial charge in [-0.2, -0.15) is 0 Å². The molecule has 0 unspecified atom stereocenters. The minimum absolute atomic E-state index is 0. The van der Waals surface area contributed by atoms with Crippen molar-refractivity contribution >= 4 is 39.7 Å². The van der Waals surface area contributed by atoms with Crippen LogP contribution in [-0.2, 0) is 14.8 Å². The van der Waals surface area contributed by atoms with Gasteiger partial charge < -0.3 is 11.1 Å². The molecule has 0 aromatic heterocycles. The van der Waals surface area contributed by atoms with E-state index in [9.17, 15) is 13.2 Å². The van der Waals surface area contributed by atoms with Crippen LogP contribution in [0.4, 0.5) is 11.4 Å². The van der Waals surface area contributed by atoms with Crippen LogP contribution in [0.15, 0.2) is 18.2 Å². The van der Waals surface area contributed by atoms with Crippen molar-refractivity contribution < 1.29 is 13.2 Å². The molecule has 0 spiro atoms. The Morgan fingerprint density at radius 3 is 2.41 bits per heavy atom. The van der Waals surface area contributed by atoms with Gasteiger partial charge in [-0.15, -0.1) is 12.4 Å². The molecule has 1 aliphatic carbocycles. The zero-order valence-corrected chi connectivity index (χ0v) is 14.3. The fraction of sp³-hybridized carbons (Fsp3) is 0.500. The summed E-state index contributed by atoms with van der Waals surface area (Å²) in [5.74, 6) is -0.214. The molecule has 0 saturated heterocycles. The molecule has 0 atom stereocenters. The highest BCUT2D eigenvalue weighted by Gasteiger charge is 2.36. The molecule has 0 aliphatic heterocycles. The third kappa shape index (κ3) is 4.59. The van der Waals surface area contributed by atoms with E-state index in [4.69, 9.17) is 5.73 Å². The van der Waals surface area contributed by atoms with E-state index in [0.717, 1.165) is 24.7 Å². The highest BCUT2D eigenvalue weighted by atomic mass is 35.5. The number of sulfonamides is 1. The van der Waals surface area contributed by atoms with Gasteiger partial charge in [0.05, 0.1) is 17.5 Å². The van der Waals surface area contributed by atoms with E-state index in [0.29, 0.717) is 24.2 Å². The van der Waals surface area contributed by atoms with Crippen LogP contribution in [0, 0.1) is 6.92 Å². The quantitative estimate of drug-likeness (QED) is 0.775. The number of amides is 1. The van der Waals surface area contributed by atoms with Crippen LogP contribution in [-0.4, -0.2) is 26.1 Å². The standard InChI is InChI=1S/C14H21N3O3S.ClH/c1-10-5-6-11(9-12(10)17-21(2,19)20)16-13(18)14(15)7-3-4-8-14;/h5-6,9,17H,3-4,7-8,15H2,1-2H3,(H,16,18);1H. The number of halogens is 1. The highest BCUT2D eigenvalue weighted by Crippen LogP contribution is 2.29. The molecular weight excluding hydrogens is 326 g/mol. The Bertz CT molecular complexity index is 655. The third-order valence-corrected chi connectivity index (χ3v) is 4.33. The van der Waals surface area contributed by atoms with Crippen LogP contribution in [0.5, 0.6) is 0 Å². The lowest BCUT2D eigenvalue weighted by molar-refractivity contribution is -0.121. The molecule has 8 heteroatoms. The average Bonchev–Trinajstić information content (AvgIpc) is 2.80. The maximum absolute atomic E-state index is 12.2. The molecule has 22 heavy (non-hydrogen) atoms. The monoisotopic (exact) mass is 347 g/mol. The Morgan fingerprint density at radius 1 is 1.27 bits per heavy atom. The zero-order valence-electron chi connectivity index (χ0n) is 12.7. The zero-order chi connectivity index (χ0) is 15.7. The molecule has 1 aromatic carbocycles. The largest absolute Gasteiger partial charge is 0.324 e. The number of benzene rings is 1. The number of hydrogen-bond acceptors (Lipinski definition) is 4. The van der Waals surface area contributed by atoms with Crippen LogP contribution in [0.1, 0.15) is 31.2 Å². The Balaban J connectivity index is 0.00000242. The van der Waals surface area contributed by atoms with E-state index in [1.807, 2.05) is 0 Å². The number of hydrogen-bond donors (Lipinski definition) is 3. The van der Waals surface area contributed by atoms with E-state index in [-0.39, 0.29) is 18.3 Å². The minimum Gasteiger partial charge on any atom is -0.324 e. The summed E-state index contributed by atoms with van der Waals surface area (Å²) in [6.45, 7) is 1.79. The van der Waals surface area contributed by atoms with Crippen LogP contribution in [0.2, 0.25) is 0 Å². The smallest absolute Gasteiger partial charge is 0.244 e. The van der Waals surface area contributed by atoms with Gasteiger partial charge in [-0.25, -0.2) is 8.42 Å². The van der Waals surface area contributed by atoms with E-state index < -0.39 is 15.6 Å². The van der Waals surface area contributed by atoms with Crippen molar-refractivity contribution in [1.82, 2.24) is 0 Å². The Kier molecular flexibility index (Phi) is 5.83. The van der Waals surface area contributed by atoms with Gasteiger partial charge >= 0.3 is 0 Å². The van der Waals surface area contributed by atoms with Gasteiger partial charge in [-0.3, -0.25) is 9.52 Å². The minimum atomic E-state index is -3.36. The van der Waals surface area contributed by atoms with Crippen molar-refractivity contribution in [2.75, 3.05) is 16.3 Å². The first kappa shape index (κ1) is 18.7. The number of anilines is 2. The van der Waals surface area contributed by atoms with Crippen molar-refractivity contribution in [3.05, 3.63) is 23.8 Å². The summed E-state index contributed by atoms with van der Waals surface area (Å²) < 4.78 is 25.1. The van der Waals surface area contributed by atoms with Crippen LogP contribution >= 0.6 is 12.4 Å².